The lowest BCUT2D eigenvalue weighted by Crippen LogP contribution is -2.40. The number of halogens is 1. The Morgan fingerprint density at radius 1 is 1.41 bits per heavy atom. The summed E-state index contributed by atoms with van der Waals surface area (Å²) in [7, 11) is 4.16. The van der Waals surface area contributed by atoms with E-state index in [-0.39, 0.29) is 0 Å². The van der Waals surface area contributed by atoms with Crippen LogP contribution in [0.1, 0.15) is 13.8 Å². The zero-order valence-electron chi connectivity index (χ0n) is 10.9. The Morgan fingerprint density at radius 3 is 2.53 bits per heavy atom. The second kappa shape index (κ2) is 6.21. The van der Waals surface area contributed by atoms with Crippen molar-refractivity contribution in [1.82, 2.24) is 9.88 Å². The minimum atomic E-state index is 0.399. The van der Waals surface area contributed by atoms with E-state index < -0.39 is 0 Å². The van der Waals surface area contributed by atoms with Gasteiger partial charge < -0.3 is 15.5 Å². The first-order valence-electron chi connectivity index (χ1n) is 5.77. The van der Waals surface area contributed by atoms with Crippen LogP contribution in [0.15, 0.2) is 16.9 Å². The molecule has 5 heteroatoms. The molecule has 0 aromatic carbocycles. The molecule has 4 nitrogen and oxygen atoms in total. The van der Waals surface area contributed by atoms with Gasteiger partial charge in [-0.05, 0) is 43.9 Å². The Balaban J connectivity index is 3.01. The van der Waals surface area contributed by atoms with E-state index in [9.17, 15) is 0 Å². The van der Waals surface area contributed by atoms with Crippen LogP contribution in [0.5, 0.6) is 0 Å². The molecule has 1 aromatic rings. The Hall–Kier alpha value is -0.810. The fourth-order valence-corrected chi connectivity index (χ4v) is 2.64. The average molecular weight is 301 g/mol. The van der Waals surface area contributed by atoms with E-state index in [2.05, 4.69) is 58.7 Å². The van der Waals surface area contributed by atoms with Gasteiger partial charge in [0.2, 0.25) is 0 Å². The normalized spacial score (nSPS) is 12.8. The van der Waals surface area contributed by atoms with Gasteiger partial charge in [-0.2, -0.15) is 0 Å². The Labute approximate surface area is 112 Å². The van der Waals surface area contributed by atoms with Gasteiger partial charge in [-0.15, -0.1) is 0 Å². The zero-order valence-corrected chi connectivity index (χ0v) is 12.5. The number of likely N-dealkylation sites (N-methyl/N-ethyl adjacent to an activating group) is 2. The molecule has 1 rings (SSSR count). The number of nitrogens with zero attached hydrogens (tertiary/aromatic N) is 3. The molecule has 0 saturated carbocycles. The van der Waals surface area contributed by atoms with Crippen LogP contribution in [0.2, 0.25) is 0 Å². The minimum Gasteiger partial charge on any atom is -0.396 e. The highest BCUT2D eigenvalue weighted by Crippen LogP contribution is 2.32. The number of pyridine rings is 1. The smallest absolute Gasteiger partial charge is 0.0778 e. The maximum atomic E-state index is 6.02. The number of nitrogen functional groups attached to an aromatic ring is 1. The van der Waals surface area contributed by atoms with Crippen molar-refractivity contribution in [1.29, 1.82) is 0 Å². The van der Waals surface area contributed by atoms with Gasteiger partial charge in [-0.1, -0.05) is 0 Å². The molecule has 17 heavy (non-hydrogen) atoms. The molecule has 0 aliphatic heterocycles. The fraction of sp³-hybridized carbons (Fsp3) is 0.583. The van der Waals surface area contributed by atoms with Crippen molar-refractivity contribution in [3.8, 4) is 0 Å². The maximum absolute atomic E-state index is 6.02. The molecule has 0 aliphatic carbocycles. The van der Waals surface area contributed by atoms with Crippen molar-refractivity contribution < 1.29 is 0 Å². The van der Waals surface area contributed by atoms with Gasteiger partial charge in [-0.25, -0.2) is 0 Å². The van der Waals surface area contributed by atoms with E-state index in [1.807, 2.05) is 0 Å². The van der Waals surface area contributed by atoms with Crippen LogP contribution in [-0.2, 0) is 0 Å². The molecule has 96 valence electrons. The van der Waals surface area contributed by atoms with Crippen molar-refractivity contribution in [2.75, 3.05) is 37.8 Å². The summed E-state index contributed by atoms with van der Waals surface area (Å²) in [4.78, 5) is 8.54. The second-order valence-electron chi connectivity index (χ2n) is 4.46. The Kier molecular flexibility index (Phi) is 5.21. The first-order valence-corrected chi connectivity index (χ1v) is 6.57. The number of hydrogen-bond acceptors (Lipinski definition) is 4. The molecule has 2 N–H and O–H groups in total. The molecule has 1 aromatic heterocycles. The summed E-state index contributed by atoms with van der Waals surface area (Å²) in [5.41, 5.74) is 7.77. The minimum absolute atomic E-state index is 0.399. The van der Waals surface area contributed by atoms with Crippen LogP contribution >= 0.6 is 15.9 Å². The summed E-state index contributed by atoms with van der Waals surface area (Å²) in [5.74, 6) is 0. The van der Waals surface area contributed by atoms with Crippen LogP contribution in [0, 0.1) is 0 Å². The van der Waals surface area contributed by atoms with Gasteiger partial charge >= 0.3 is 0 Å². The van der Waals surface area contributed by atoms with E-state index in [1.165, 1.54) is 0 Å². The lowest BCUT2D eigenvalue weighted by Gasteiger charge is -2.33. The van der Waals surface area contributed by atoms with Gasteiger partial charge in [0.15, 0.2) is 0 Å². The third-order valence-corrected chi connectivity index (χ3v) is 3.27. The van der Waals surface area contributed by atoms with E-state index in [4.69, 9.17) is 5.73 Å². The van der Waals surface area contributed by atoms with Gasteiger partial charge in [-0.3, -0.25) is 4.98 Å². The highest BCUT2D eigenvalue weighted by Gasteiger charge is 2.18. The third kappa shape index (κ3) is 3.57. The number of aromatic nitrogens is 1. The molecule has 1 atom stereocenters. The quantitative estimate of drug-likeness (QED) is 0.905. The predicted molar refractivity (Wildman–Crippen MR) is 77.4 cm³/mol. The van der Waals surface area contributed by atoms with Crippen molar-refractivity contribution in [2.45, 2.75) is 19.9 Å². The molecule has 1 unspecified atom stereocenters. The van der Waals surface area contributed by atoms with E-state index in [0.717, 1.165) is 23.2 Å². The molecule has 0 aliphatic rings. The second-order valence-corrected chi connectivity index (χ2v) is 5.31. The average Bonchev–Trinajstić information content (AvgIpc) is 2.22. The summed E-state index contributed by atoms with van der Waals surface area (Å²) in [5, 5.41) is 0. The van der Waals surface area contributed by atoms with E-state index in [1.54, 1.807) is 12.4 Å². The highest BCUT2D eigenvalue weighted by molar-refractivity contribution is 9.10. The molecule has 0 amide bonds. The standard InChI is InChI=1S/C12H21BrN4/c1-5-17(9(2)8-16(3)4)12-10(13)6-15-7-11(12)14/h6-7,9H,5,8,14H2,1-4H3. The highest BCUT2D eigenvalue weighted by atomic mass is 79.9. The molecule has 0 bridgehead atoms. The maximum Gasteiger partial charge on any atom is 0.0778 e. The third-order valence-electron chi connectivity index (χ3n) is 2.69. The molecule has 0 spiro atoms. The molecule has 0 radical (unpaired) electrons. The van der Waals surface area contributed by atoms with Crippen molar-refractivity contribution >= 4 is 27.3 Å². The van der Waals surface area contributed by atoms with Crippen LogP contribution in [0.25, 0.3) is 0 Å². The summed E-state index contributed by atoms with van der Waals surface area (Å²) in [6.45, 7) is 6.25. The SMILES string of the molecule is CCN(c1c(N)cncc1Br)C(C)CN(C)C. The predicted octanol–water partition coefficient (Wildman–Crippen LogP) is 2.20. The fourth-order valence-electron chi connectivity index (χ4n) is 2.06. The van der Waals surface area contributed by atoms with Crippen LogP contribution in [0.4, 0.5) is 11.4 Å². The molecular formula is C12H21BrN4. The van der Waals surface area contributed by atoms with E-state index >= 15 is 0 Å². The molecule has 0 fully saturated rings. The lowest BCUT2D eigenvalue weighted by atomic mass is 10.2. The largest absolute Gasteiger partial charge is 0.396 e. The zero-order chi connectivity index (χ0) is 13.0. The van der Waals surface area contributed by atoms with E-state index in [0.29, 0.717) is 11.7 Å². The summed E-state index contributed by atoms with van der Waals surface area (Å²) < 4.78 is 0.949. The van der Waals surface area contributed by atoms with Gasteiger partial charge in [0.05, 0.1) is 22.0 Å². The Bertz CT molecular complexity index is 347. The summed E-state index contributed by atoms with van der Waals surface area (Å²) in [6, 6.07) is 0.399. The van der Waals surface area contributed by atoms with Crippen molar-refractivity contribution in [3.63, 3.8) is 0 Å². The van der Waals surface area contributed by atoms with Gasteiger partial charge in [0, 0.05) is 25.3 Å². The Morgan fingerprint density at radius 2 is 2.06 bits per heavy atom. The van der Waals surface area contributed by atoms with Crippen LogP contribution in [0.3, 0.4) is 0 Å². The number of anilines is 2. The lowest BCUT2D eigenvalue weighted by molar-refractivity contribution is 0.373. The summed E-state index contributed by atoms with van der Waals surface area (Å²) >= 11 is 3.53. The van der Waals surface area contributed by atoms with Crippen LogP contribution in [-0.4, -0.2) is 43.1 Å². The molecular weight excluding hydrogens is 280 g/mol. The monoisotopic (exact) mass is 300 g/mol. The van der Waals surface area contributed by atoms with Gasteiger partial charge in [0.1, 0.15) is 0 Å². The molecule has 0 saturated heterocycles. The van der Waals surface area contributed by atoms with Gasteiger partial charge in [0.25, 0.3) is 0 Å². The first kappa shape index (κ1) is 14.3. The molecule has 1 heterocycles. The number of hydrogen-bond donors (Lipinski definition) is 1. The van der Waals surface area contributed by atoms with Crippen molar-refractivity contribution in [2.24, 2.45) is 0 Å². The topological polar surface area (TPSA) is 45.4 Å². The summed E-state index contributed by atoms with van der Waals surface area (Å²) in [6.07, 6.45) is 3.49. The van der Waals surface area contributed by atoms with Crippen molar-refractivity contribution in [3.05, 3.63) is 16.9 Å². The number of rotatable bonds is 5. The first-order chi connectivity index (χ1) is 7.97. The van der Waals surface area contributed by atoms with Crippen LogP contribution < -0.4 is 10.6 Å². The number of nitrogens with two attached hydrogens (primary N) is 1.